The van der Waals surface area contributed by atoms with Crippen LogP contribution >= 0.6 is 11.6 Å². The molecule has 0 radical (unpaired) electrons. The van der Waals surface area contributed by atoms with Gasteiger partial charge in [-0.1, -0.05) is 11.6 Å². The van der Waals surface area contributed by atoms with E-state index in [1.54, 1.807) is 0 Å². The van der Waals surface area contributed by atoms with Crippen molar-refractivity contribution >= 4 is 11.6 Å². The Morgan fingerprint density at radius 2 is 1.79 bits per heavy atom. The van der Waals surface area contributed by atoms with Crippen molar-refractivity contribution in [1.29, 1.82) is 0 Å². The molecule has 0 aliphatic heterocycles. The number of nitrogens with two attached hydrogens (primary N) is 1. The smallest absolute Gasteiger partial charge is 0.146 e. The largest absolute Gasteiger partial charge is 0.486 e. The molecule has 4 heteroatoms. The molecule has 0 unspecified atom stereocenters. The number of ether oxygens (including phenoxy) is 1. The van der Waals surface area contributed by atoms with Crippen molar-refractivity contribution < 1.29 is 9.15 Å². The average Bonchev–Trinajstić information content (AvgIpc) is 2.74. The lowest BCUT2D eigenvalue weighted by Gasteiger charge is -2.08. The van der Waals surface area contributed by atoms with Gasteiger partial charge in [0.2, 0.25) is 0 Å². The molecule has 2 aromatic rings. The Balaban J connectivity index is 2.10. The van der Waals surface area contributed by atoms with Gasteiger partial charge in [-0.2, -0.15) is 0 Å². The summed E-state index contributed by atoms with van der Waals surface area (Å²) in [5.41, 5.74) is 8.65. The van der Waals surface area contributed by atoms with E-state index in [1.807, 2.05) is 39.0 Å². The van der Waals surface area contributed by atoms with Gasteiger partial charge < -0.3 is 14.9 Å². The summed E-state index contributed by atoms with van der Waals surface area (Å²) < 4.78 is 11.3. The monoisotopic (exact) mass is 279 g/mol. The first-order valence-corrected chi connectivity index (χ1v) is 6.57. The second-order valence-corrected chi connectivity index (χ2v) is 5.04. The molecule has 0 saturated heterocycles. The molecule has 0 amide bonds. The third-order valence-corrected chi connectivity index (χ3v) is 3.68. The van der Waals surface area contributed by atoms with Gasteiger partial charge in [-0.15, -0.1) is 0 Å². The Kier molecular flexibility index (Phi) is 4.17. The molecule has 0 aliphatic rings. The molecular weight excluding hydrogens is 262 g/mol. The Morgan fingerprint density at radius 3 is 2.32 bits per heavy atom. The molecule has 0 aliphatic carbocycles. The molecule has 19 heavy (non-hydrogen) atoms. The van der Waals surface area contributed by atoms with Crippen LogP contribution in [0.5, 0.6) is 5.75 Å². The van der Waals surface area contributed by atoms with Crippen LogP contribution in [0.4, 0.5) is 0 Å². The summed E-state index contributed by atoms with van der Waals surface area (Å²) in [4.78, 5) is 0. The fourth-order valence-corrected chi connectivity index (χ4v) is 2.11. The Labute approximate surface area is 118 Å². The van der Waals surface area contributed by atoms with Crippen LogP contribution < -0.4 is 10.5 Å². The predicted octanol–water partition coefficient (Wildman–Crippen LogP) is 3.90. The highest BCUT2D eigenvalue weighted by atomic mass is 35.5. The fourth-order valence-electron chi connectivity index (χ4n) is 2.01. The summed E-state index contributed by atoms with van der Waals surface area (Å²) >= 11 is 6.12. The van der Waals surface area contributed by atoms with Crippen molar-refractivity contribution in [3.63, 3.8) is 0 Å². The highest BCUT2D eigenvalue weighted by Gasteiger charge is 2.08. The molecule has 1 aromatic carbocycles. The summed E-state index contributed by atoms with van der Waals surface area (Å²) in [5, 5.41) is 0.784. The Bertz CT molecular complexity index is 567. The first-order chi connectivity index (χ1) is 9.01. The van der Waals surface area contributed by atoms with Crippen molar-refractivity contribution in [1.82, 2.24) is 0 Å². The molecular formula is C15H18ClNO2. The zero-order valence-corrected chi connectivity index (χ0v) is 12.2. The van der Waals surface area contributed by atoms with Crippen molar-refractivity contribution in [3.8, 4) is 5.75 Å². The maximum Gasteiger partial charge on any atom is 0.146 e. The summed E-state index contributed by atoms with van der Waals surface area (Å²) in [6, 6.07) is 5.79. The molecule has 0 fully saturated rings. The third kappa shape index (κ3) is 3.11. The second kappa shape index (κ2) is 5.68. The third-order valence-electron chi connectivity index (χ3n) is 3.08. The maximum atomic E-state index is 6.12. The van der Waals surface area contributed by atoms with Crippen LogP contribution in [0.25, 0.3) is 0 Å². The number of hydrogen-bond acceptors (Lipinski definition) is 3. The molecule has 0 spiro atoms. The minimum atomic E-state index is 0.390. The first-order valence-electron chi connectivity index (χ1n) is 6.19. The number of rotatable bonds is 4. The Morgan fingerprint density at radius 1 is 1.16 bits per heavy atom. The van der Waals surface area contributed by atoms with E-state index in [1.165, 1.54) is 0 Å². The van der Waals surface area contributed by atoms with Gasteiger partial charge >= 0.3 is 0 Å². The van der Waals surface area contributed by atoms with Gasteiger partial charge in [-0.25, -0.2) is 0 Å². The van der Waals surface area contributed by atoms with Crippen LogP contribution in [-0.4, -0.2) is 0 Å². The number of aryl methyl sites for hydroxylation is 3. The van der Waals surface area contributed by atoms with Gasteiger partial charge in [-0.3, -0.25) is 0 Å². The molecule has 0 bridgehead atoms. The quantitative estimate of drug-likeness (QED) is 0.923. The van der Waals surface area contributed by atoms with Crippen molar-refractivity contribution in [2.24, 2.45) is 5.73 Å². The van der Waals surface area contributed by atoms with E-state index in [-0.39, 0.29) is 0 Å². The fraction of sp³-hybridized carbons (Fsp3) is 0.333. The number of halogens is 1. The highest BCUT2D eigenvalue weighted by Crippen LogP contribution is 2.26. The average molecular weight is 280 g/mol. The number of furan rings is 1. The van der Waals surface area contributed by atoms with Gasteiger partial charge in [0, 0.05) is 17.1 Å². The normalized spacial score (nSPS) is 10.8. The van der Waals surface area contributed by atoms with Crippen molar-refractivity contribution in [3.05, 3.63) is 51.4 Å². The zero-order valence-electron chi connectivity index (χ0n) is 11.4. The van der Waals surface area contributed by atoms with E-state index in [0.29, 0.717) is 13.2 Å². The minimum absolute atomic E-state index is 0.390. The second-order valence-electron chi connectivity index (χ2n) is 4.66. The summed E-state index contributed by atoms with van der Waals surface area (Å²) in [7, 11) is 0. The topological polar surface area (TPSA) is 48.4 Å². The van der Waals surface area contributed by atoms with Crippen LogP contribution in [0, 0.1) is 20.8 Å². The maximum absolute atomic E-state index is 6.12. The molecule has 0 atom stereocenters. The van der Waals surface area contributed by atoms with E-state index in [0.717, 1.165) is 39.0 Å². The molecule has 0 saturated carbocycles. The van der Waals surface area contributed by atoms with E-state index >= 15 is 0 Å². The van der Waals surface area contributed by atoms with E-state index < -0.39 is 0 Å². The minimum Gasteiger partial charge on any atom is -0.486 e. The molecule has 2 rings (SSSR count). The first kappa shape index (κ1) is 14.0. The molecule has 1 aromatic heterocycles. The molecule has 102 valence electrons. The summed E-state index contributed by atoms with van der Waals surface area (Å²) in [6.07, 6.45) is 0. The summed E-state index contributed by atoms with van der Waals surface area (Å²) in [6.45, 7) is 6.70. The Hall–Kier alpha value is -1.45. The van der Waals surface area contributed by atoms with Gasteiger partial charge in [0.15, 0.2) is 0 Å². The van der Waals surface area contributed by atoms with Crippen LogP contribution in [-0.2, 0) is 13.2 Å². The van der Waals surface area contributed by atoms with Crippen LogP contribution in [0.1, 0.15) is 28.2 Å². The van der Waals surface area contributed by atoms with Crippen LogP contribution in [0.15, 0.2) is 22.6 Å². The highest BCUT2D eigenvalue weighted by molar-refractivity contribution is 6.32. The van der Waals surface area contributed by atoms with Gasteiger partial charge in [0.05, 0.1) is 0 Å². The SMILES string of the molecule is Cc1cc(OCc2cc(CN)c(C)o2)cc(C)c1Cl. The molecule has 3 nitrogen and oxygen atoms in total. The molecule has 2 N–H and O–H groups in total. The predicted molar refractivity (Wildman–Crippen MR) is 76.6 cm³/mol. The standard InChI is InChI=1S/C15H18ClNO2/c1-9-4-13(5-10(2)15(9)16)18-8-14-6-12(7-17)11(3)19-14/h4-6H,7-8,17H2,1-3H3. The summed E-state index contributed by atoms with van der Waals surface area (Å²) in [5.74, 6) is 2.43. The van der Waals surface area contributed by atoms with Crippen LogP contribution in [0.3, 0.4) is 0 Å². The van der Waals surface area contributed by atoms with E-state index in [4.69, 9.17) is 26.5 Å². The number of benzene rings is 1. The van der Waals surface area contributed by atoms with Gasteiger partial charge in [-0.05, 0) is 50.1 Å². The lowest BCUT2D eigenvalue weighted by atomic mass is 10.1. The van der Waals surface area contributed by atoms with Crippen molar-refractivity contribution in [2.45, 2.75) is 33.9 Å². The van der Waals surface area contributed by atoms with Gasteiger partial charge in [0.1, 0.15) is 23.9 Å². The lowest BCUT2D eigenvalue weighted by Crippen LogP contribution is -1.96. The van der Waals surface area contributed by atoms with Crippen molar-refractivity contribution in [2.75, 3.05) is 0 Å². The van der Waals surface area contributed by atoms with Crippen LogP contribution in [0.2, 0.25) is 5.02 Å². The number of hydrogen-bond donors (Lipinski definition) is 1. The zero-order chi connectivity index (χ0) is 14.0. The van der Waals surface area contributed by atoms with E-state index in [2.05, 4.69) is 0 Å². The molecule has 1 heterocycles. The van der Waals surface area contributed by atoms with Gasteiger partial charge in [0.25, 0.3) is 0 Å². The lowest BCUT2D eigenvalue weighted by molar-refractivity contribution is 0.267. The van der Waals surface area contributed by atoms with E-state index in [9.17, 15) is 0 Å².